The third kappa shape index (κ3) is 2.36. The van der Waals surface area contributed by atoms with E-state index in [1.165, 1.54) is 0 Å². The van der Waals surface area contributed by atoms with Gasteiger partial charge >= 0.3 is 0 Å². The molecule has 0 amide bonds. The van der Waals surface area contributed by atoms with Crippen LogP contribution < -0.4 is 5.56 Å². The molecule has 1 aromatic carbocycles. The Morgan fingerprint density at radius 3 is 2.80 bits per heavy atom. The first-order valence-corrected chi connectivity index (χ1v) is 10.2. The first-order chi connectivity index (χ1) is 14.4. The van der Waals surface area contributed by atoms with Gasteiger partial charge in [-0.15, -0.1) is 0 Å². The lowest BCUT2D eigenvalue weighted by atomic mass is 10.1. The molecule has 0 bridgehead atoms. The molecule has 1 saturated heterocycles. The zero-order valence-electron chi connectivity index (χ0n) is 16.1. The van der Waals surface area contributed by atoms with Crippen LogP contribution in [0.2, 0.25) is 5.02 Å². The lowest BCUT2D eigenvalue weighted by molar-refractivity contribution is -0.0447. The van der Waals surface area contributed by atoms with Crippen molar-refractivity contribution in [1.29, 1.82) is 0 Å². The Balaban J connectivity index is 1.69. The molecule has 1 aliphatic carbocycles. The standard InChI is InChI=1S/C20H18ClN5O4/c1-19(6-3-9-29-19)26-14-11(21)4-2-5-12(14)25-10-22-13(15(25)17(26)27)16-23-18(30-24-16)20(28)7-8-20/h2,4-5,10,28H,3,6-9H2,1H3. The van der Waals surface area contributed by atoms with Crippen LogP contribution >= 0.6 is 11.6 Å². The Bertz CT molecular complexity index is 1380. The van der Waals surface area contributed by atoms with Crippen molar-refractivity contribution in [3.8, 4) is 11.5 Å². The molecular formula is C20H18ClN5O4. The molecule has 2 fully saturated rings. The molecule has 3 aromatic heterocycles. The second-order valence-electron chi connectivity index (χ2n) is 8.14. The topological polar surface area (TPSA) is 108 Å². The average molecular weight is 428 g/mol. The van der Waals surface area contributed by atoms with E-state index in [-0.39, 0.29) is 23.0 Å². The highest BCUT2D eigenvalue weighted by Crippen LogP contribution is 2.44. The molecule has 154 valence electrons. The summed E-state index contributed by atoms with van der Waals surface area (Å²) in [7, 11) is 0. The molecule has 0 radical (unpaired) electrons. The number of benzene rings is 1. The predicted octanol–water partition coefficient (Wildman–Crippen LogP) is 2.82. The number of ether oxygens (including phenoxy) is 1. The molecule has 10 heteroatoms. The lowest BCUT2D eigenvalue weighted by Gasteiger charge is -2.28. The van der Waals surface area contributed by atoms with Crippen molar-refractivity contribution < 1.29 is 14.4 Å². The van der Waals surface area contributed by atoms with E-state index < -0.39 is 11.3 Å². The minimum Gasteiger partial charge on any atom is -0.380 e. The van der Waals surface area contributed by atoms with Gasteiger partial charge < -0.3 is 14.4 Å². The largest absolute Gasteiger partial charge is 0.380 e. The third-order valence-electron chi connectivity index (χ3n) is 6.05. The van der Waals surface area contributed by atoms with E-state index in [2.05, 4.69) is 15.1 Å². The summed E-state index contributed by atoms with van der Waals surface area (Å²) in [5.74, 6) is 0.309. The SMILES string of the molecule is CC1(n2c(=O)c3c(-c4noc(C5(O)CC5)n4)ncn3c3cccc(Cl)c32)CCCO1. The van der Waals surface area contributed by atoms with Gasteiger partial charge in [0.1, 0.15) is 28.9 Å². The Hall–Kier alpha value is -2.75. The molecule has 1 aliphatic heterocycles. The van der Waals surface area contributed by atoms with Gasteiger partial charge in [0.15, 0.2) is 0 Å². The molecule has 30 heavy (non-hydrogen) atoms. The maximum Gasteiger partial charge on any atom is 0.280 e. The monoisotopic (exact) mass is 427 g/mol. The van der Waals surface area contributed by atoms with Crippen LogP contribution in [0.15, 0.2) is 33.8 Å². The number of rotatable bonds is 3. The average Bonchev–Trinajstić information content (AvgIpc) is 3.16. The van der Waals surface area contributed by atoms with Crippen LogP contribution in [0.5, 0.6) is 0 Å². The smallest absolute Gasteiger partial charge is 0.280 e. The zero-order chi connectivity index (χ0) is 20.7. The molecule has 1 atom stereocenters. The summed E-state index contributed by atoms with van der Waals surface area (Å²) in [4.78, 5) is 22.5. The van der Waals surface area contributed by atoms with Crippen LogP contribution in [-0.4, -0.2) is 35.8 Å². The number of halogens is 1. The van der Waals surface area contributed by atoms with Crippen molar-refractivity contribution in [2.45, 2.75) is 43.9 Å². The molecule has 1 saturated carbocycles. The van der Waals surface area contributed by atoms with E-state index in [9.17, 15) is 9.90 Å². The predicted molar refractivity (Wildman–Crippen MR) is 107 cm³/mol. The molecule has 2 aliphatic rings. The summed E-state index contributed by atoms with van der Waals surface area (Å²) >= 11 is 6.54. The van der Waals surface area contributed by atoms with Gasteiger partial charge in [-0.25, -0.2) is 4.98 Å². The minimum atomic E-state index is -1.06. The zero-order valence-corrected chi connectivity index (χ0v) is 16.9. The molecular weight excluding hydrogens is 410 g/mol. The summed E-state index contributed by atoms with van der Waals surface area (Å²) < 4.78 is 14.5. The minimum absolute atomic E-state index is 0.147. The molecule has 4 heterocycles. The van der Waals surface area contributed by atoms with E-state index in [1.807, 2.05) is 19.1 Å². The van der Waals surface area contributed by atoms with E-state index in [0.29, 0.717) is 41.9 Å². The van der Waals surface area contributed by atoms with Gasteiger partial charge in [-0.2, -0.15) is 4.98 Å². The fourth-order valence-corrected chi connectivity index (χ4v) is 4.51. The van der Waals surface area contributed by atoms with Gasteiger partial charge in [0.25, 0.3) is 11.4 Å². The van der Waals surface area contributed by atoms with E-state index >= 15 is 0 Å². The highest BCUT2D eigenvalue weighted by atomic mass is 35.5. The third-order valence-corrected chi connectivity index (χ3v) is 6.36. The van der Waals surface area contributed by atoms with Gasteiger partial charge in [0.05, 0.1) is 16.1 Å². The number of hydrogen-bond donors (Lipinski definition) is 1. The highest BCUT2D eigenvalue weighted by Gasteiger charge is 2.48. The number of imidazole rings is 1. The number of aromatic nitrogens is 5. The van der Waals surface area contributed by atoms with Crippen molar-refractivity contribution >= 4 is 28.2 Å². The number of fused-ring (bicyclic) bond motifs is 3. The van der Waals surface area contributed by atoms with Crippen LogP contribution in [0.3, 0.4) is 0 Å². The lowest BCUT2D eigenvalue weighted by Crippen LogP contribution is -2.39. The normalized spacial score (nSPS) is 22.9. The molecule has 9 nitrogen and oxygen atoms in total. The van der Waals surface area contributed by atoms with Crippen LogP contribution in [0, 0.1) is 0 Å². The van der Waals surface area contributed by atoms with Crippen LogP contribution in [0.4, 0.5) is 0 Å². The second kappa shape index (κ2) is 5.90. The molecule has 6 rings (SSSR count). The fraction of sp³-hybridized carbons (Fsp3) is 0.400. The van der Waals surface area contributed by atoms with Gasteiger partial charge in [-0.1, -0.05) is 22.8 Å². The Morgan fingerprint density at radius 2 is 2.07 bits per heavy atom. The Kier molecular flexibility index (Phi) is 3.55. The van der Waals surface area contributed by atoms with Crippen molar-refractivity contribution in [2.24, 2.45) is 0 Å². The molecule has 4 aromatic rings. The summed E-state index contributed by atoms with van der Waals surface area (Å²) in [6, 6.07) is 5.46. The van der Waals surface area contributed by atoms with Crippen LogP contribution in [0.1, 0.15) is 38.5 Å². The van der Waals surface area contributed by atoms with Crippen LogP contribution in [0.25, 0.3) is 28.1 Å². The number of aliphatic hydroxyl groups is 1. The molecule has 0 spiro atoms. The van der Waals surface area contributed by atoms with Gasteiger partial charge in [-0.3, -0.25) is 13.8 Å². The van der Waals surface area contributed by atoms with Gasteiger partial charge in [0.2, 0.25) is 5.82 Å². The molecule has 1 unspecified atom stereocenters. The number of hydrogen-bond acceptors (Lipinski definition) is 7. The van der Waals surface area contributed by atoms with Crippen molar-refractivity contribution in [3.05, 3.63) is 45.8 Å². The summed E-state index contributed by atoms with van der Waals surface area (Å²) in [6.45, 7) is 2.46. The van der Waals surface area contributed by atoms with Crippen molar-refractivity contribution in [3.63, 3.8) is 0 Å². The van der Waals surface area contributed by atoms with E-state index in [1.54, 1.807) is 21.4 Å². The Morgan fingerprint density at radius 1 is 1.23 bits per heavy atom. The van der Waals surface area contributed by atoms with Gasteiger partial charge in [0, 0.05) is 6.61 Å². The van der Waals surface area contributed by atoms with Crippen molar-refractivity contribution in [2.75, 3.05) is 6.61 Å². The molecule has 1 N–H and O–H groups in total. The highest BCUT2D eigenvalue weighted by molar-refractivity contribution is 6.35. The second-order valence-corrected chi connectivity index (χ2v) is 8.55. The Labute approximate surface area is 174 Å². The number of nitrogens with zero attached hydrogens (tertiary/aromatic N) is 5. The summed E-state index contributed by atoms with van der Waals surface area (Å²) in [5, 5.41) is 14.7. The maximum absolute atomic E-state index is 13.8. The number of para-hydroxylation sites is 1. The van der Waals surface area contributed by atoms with E-state index in [0.717, 1.165) is 11.9 Å². The van der Waals surface area contributed by atoms with Crippen molar-refractivity contribution in [1.82, 2.24) is 24.1 Å². The maximum atomic E-state index is 13.8. The van der Waals surface area contributed by atoms with E-state index in [4.69, 9.17) is 20.9 Å². The first kappa shape index (κ1) is 18.1. The summed E-state index contributed by atoms with van der Waals surface area (Å²) in [6.07, 6.45) is 4.23. The van der Waals surface area contributed by atoms with Gasteiger partial charge in [-0.05, 0) is 44.7 Å². The quantitative estimate of drug-likeness (QED) is 0.535. The fourth-order valence-electron chi connectivity index (χ4n) is 4.26. The summed E-state index contributed by atoms with van der Waals surface area (Å²) in [5.41, 5.74) is -0.290. The van der Waals surface area contributed by atoms with Crippen LogP contribution in [-0.2, 0) is 16.1 Å². The first-order valence-electron chi connectivity index (χ1n) is 9.83.